The third-order valence-electron chi connectivity index (χ3n) is 2.33. The lowest BCUT2D eigenvalue weighted by molar-refractivity contribution is 0.199. The van der Waals surface area contributed by atoms with Crippen molar-refractivity contribution in [3.63, 3.8) is 0 Å². The van der Waals surface area contributed by atoms with Crippen LogP contribution in [0, 0.1) is 6.92 Å². The van der Waals surface area contributed by atoms with Crippen LogP contribution in [-0.4, -0.2) is 31.9 Å². The van der Waals surface area contributed by atoms with Gasteiger partial charge in [0, 0.05) is 31.4 Å². The van der Waals surface area contributed by atoms with Crippen LogP contribution in [0.5, 0.6) is 5.75 Å². The number of nitrogens with zero attached hydrogens (tertiary/aromatic N) is 1. The molecule has 0 amide bonds. The van der Waals surface area contributed by atoms with E-state index in [0.717, 1.165) is 17.9 Å². The van der Waals surface area contributed by atoms with Crippen LogP contribution in [0.2, 0.25) is 0 Å². The number of hydrogen-bond acceptors (Lipinski definition) is 4. The fourth-order valence-electron chi connectivity index (χ4n) is 1.41. The van der Waals surface area contributed by atoms with Gasteiger partial charge in [-0.1, -0.05) is 23.2 Å². The van der Waals surface area contributed by atoms with Crippen molar-refractivity contribution in [3.05, 3.63) is 34.1 Å². The van der Waals surface area contributed by atoms with E-state index in [-0.39, 0.29) is 6.61 Å². The van der Waals surface area contributed by atoms with Crippen molar-refractivity contribution in [2.24, 2.45) is 0 Å². The van der Waals surface area contributed by atoms with Crippen LogP contribution >= 0.6 is 23.2 Å². The summed E-state index contributed by atoms with van der Waals surface area (Å²) in [5, 5.41) is 3.68. The van der Waals surface area contributed by atoms with E-state index < -0.39 is 0 Å². The zero-order chi connectivity index (χ0) is 14.1. The lowest BCUT2D eigenvalue weighted by atomic mass is 10.3. The molecule has 0 unspecified atom stereocenters. The fraction of sp³-hybridized carbons (Fsp3) is 0.462. The van der Waals surface area contributed by atoms with Gasteiger partial charge in [-0.2, -0.15) is 0 Å². The molecule has 0 aromatic carbocycles. The Morgan fingerprint density at radius 2 is 2.26 bits per heavy atom. The minimum atomic E-state index is 0.237. The molecule has 19 heavy (non-hydrogen) atoms. The van der Waals surface area contributed by atoms with Gasteiger partial charge in [0.05, 0.1) is 17.3 Å². The maximum absolute atomic E-state index is 5.80. The number of nitrogens with one attached hydrogen (secondary N) is 1. The second-order valence-electron chi connectivity index (χ2n) is 3.91. The molecule has 1 aromatic rings. The van der Waals surface area contributed by atoms with E-state index in [9.17, 15) is 0 Å². The molecule has 0 saturated carbocycles. The number of ether oxygens (including phenoxy) is 2. The van der Waals surface area contributed by atoms with Crippen molar-refractivity contribution >= 4 is 23.2 Å². The predicted octanol–water partition coefficient (Wildman–Crippen LogP) is 2.82. The third-order valence-corrected chi connectivity index (χ3v) is 2.92. The average molecular weight is 305 g/mol. The molecule has 0 spiro atoms. The third kappa shape index (κ3) is 6.25. The van der Waals surface area contributed by atoms with E-state index in [1.165, 1.54) is 5.54 Å². The maximum Gasteiger partial charge on any atom is 0.142 e. The lowest BCUT2D eigenvalue weighted by Crippen LogP contribution is -2.20. The Balaban J connectivity index is 2.63. The molecule has 0 aliphatic carbocycles. The monoisotopic (exact) mass is 304 g/mol. The molecule has 0 saturated heterocycles. The Kier molecular flexibility index (Phi) is 7.82. The predicted molar refractivity (Wildman–Crippen MR) is 77.8 cm³/mol. The highest BCUT2D eigenvalue weighted by Gasteiger charge is 2.06. The Labute approximate surface area is 123 Å². The van der Waals surface area contributed by atoms with Crippen molar-refractivity contribution in [1.82, 2.24) is 10.3 Å². The summed E-state index contributed by atoms with van der Waals surface area (Å²) in [6.45, 7) is 4.20. The van der Waals surface area contributed by atoms with Crippen LogP contribution in [-0.2, 0) is 11.3 Å². The zero-order valence-corrected chi connectivity index (χ0v) is 12.6. The van der Waals surface area contributed by atoms with E-state index >= 15 is 0 Å². The number of pyridine rings is 1. The Hall–Kier alpha value is -0.810. The summed E-state index contributed by atoms with van der Waals surface area (Å²) in [6, 6.07) is 3.78. The SMILES string of the molecule is COCCNCc1nc(C)ccc1OCC(Cl)=CCl. The first kappa shape index (κ1) is 16.2. The second kappa shape index (κ2) is 9.15. The van der Waals surface area contributed by atoms with Crippen molar-refractivity contribution in [3.8, 4) is 5.75 Å². The standard InChI is InChI=1S/C13H18Cl2N2O2/c1-10-3-4-13(19-9-11(15)7-14)12(17-10)8-16-5-6-18-2/h3-4,7,16H,5-6,8-9H2,1-2H3. The summed E-state index contributed by atoms with van der Waals surface area (Å²) in [5.74, 6) is 0.701. The van der Waals surface area contributed by atoms with Gasteiger partial charge in [-0.3, -0.25) is 4.98 Å². The molecule has 0 bridgehead atoms. The maximum atomic E-state index is 5.80. The molecule has 4 nitrogen and oxygen atoms in total. The lowest BCUT2D eigenvalue weighted by Gasteiger charge is -2.11. The first-order chi connectivity index (χ1) is 9.17. The largest absolute Gasteiger partial charge is 0.486 e. The van der Waals surface area contributed by atoms with Gasteiger partial charge in [-0.15, -0.1) is 0 Å². The van der Waals surface area contributed by atoms with Gasteiger partial charge in [0.2, 0.25) is 0 Å². The highest BCUT2D eigenvalue weighted by atomic mass is 35.5. The van der Waals surface area contributed by atoms with E-state index in [1.54, 1.807) is 7.11 Å². The topological polar surface area (TPSA) is 43.4 Å². The summed E-state index contributed by atoms with van der Waals surface area (Å²) in [5.41, 5.74) is 3.07. The van der Waals surface area contributed by atoms with Crippen molar-refractivity contribution in [2.45, 2.75) is 13.5 Å². The molecule has 1 N–H and O–H groups in total. The summed E-state index contributed by atoms with van der Waals surface area (Å²) < 4.78 is 10.6. The van der Waals surface area contributed by atoms with Crippen LogP contribution in [0.4, 0.5) is 0 Å². The van der Waals surface area contributed by atoms with Crippen LogP contribution < -0.4 is 10.1 Å². The number of rotatable bonds is 8. The summed E-state index contributed by atoms with van der Waals surface area (Å²) >= 11 is 11.3. The molecular formula is C13H18Cl2N2O2. The molecule has 106 valence electrons. The summed E-state index contributed by atoms with van der Waals surface area (Å²) in [6.07, 6.45) is 0. The molecule has 1 rings (SSSR count). The quantitative estimate of drug-likeness (QED) is 0.750. The van der Waals surface area contributed by atoms with Gasteiger partial charge in [-0.25, -0.2) is 0 Å². The van der Waals surface area contributed by atoms with Gasteiger partial charge in [-0.05, 0) is 19.1 Å². The summed E-state index contributed by atoms with van der Waals surface area (Å²) in [4.78, 5) is 4.45. The molecule has 0 atom stereocenters. The van der Waals surface area contributed by atoms with E-state index in [0.29, 0.717) is 23.9 Å². The number of aryl methyl sites for hydroxylation is 1. The Bertz CT molecular complexity index is 425. The van der Waals surface area contributed by atoms with Gasteiger partial charge >= 0.3 is 0 Å². The normalized spacial score (nSPS) is 11.7. The molecule has 0 aliphatic rings. The number of halogens is 2. The van der Waals surface area contributed by atoms with Gasteiger partial charge in [0.1, 0.15) is 12.4 Å². The van der Waals surface area contributed by atoms with Crippen molar-refractivity contribution in [1.29, 1.82) is 0 Å². The molecule has 1 aromatic heterocycles. The van der Waals surface area contributed by atoms with E-state index in [1.807, 2.05) is 19.1 Å². The van der Waals surface area contributed by atoms with Crippen LogP contribution in [0.15, 0.2) is 22.7 Å². The first-order valence-corrected chi connectivity index (χ1v) is 6.72. The fourth-order valence-corrected chi connectivity index (χ4v) is 1.53. The van der Waals surface area contributed by atoms with Gasteiger partial charge in [0.25, 0.3) is 0 Å². The highest BCUT2D eigenvalue weighted by Crippen LogP contribution is 2.18. The Morgan fingerprint density at radius 3 is 2.95 bits per heavy atom. The molecule has 0 fully saturated rings. The van der Waals surface area contributed by atoms with Crippen molar-refractivity contribution in [2.75, 3.05) is 26.9 Å². The van der Waals surface area contributed by atoms with Gasteiger partial charge < -0.3 is 14.8 Å². The second-order valence-corrected chi connectivity index (χ2v) is 4.62. The average Bonchev–Trinajstić information content (AvgIpc) is 2.42. The van der Waals surface area contributed by atoms with E-state index in [4.69, 9.17) is 32.7 Å². The minimum absolute atomic E-state index is 0.237. The number of hydrogen-bond donors (Lipinski definition) is 1. The molecule has 6 heteroatoms. The molecule has 0 radical (unpaired) electrons. The zero-order valence-electron chi connectivity index (χ0n) is 11.1. The Morgan fingerprint density at radius 1 is 1.47 bits per heavy atom. The van der Waals surface area contributed by atoms with Gasteiger partial charge in [0.15, 0.2) is 0 Å². The smallest absolute Gasteiger partial charge is 0.142 e. The van der Waals surface area contributed by atoms with E-state index in [2.05, 4.69) is 10.3 Å². The minimum Gasteiger partial charge on any atom is -0.486 e. The molecule has 1 heterocycles. The van der Waals surface area contributed by atoms with Crippen LogP contribution in [0.3, 0.4) is 0 Å². The highest BCUT2D eigenvalue weighted by molar-refractivity contribution is 6.36. The molecule has 0 aliphatic heterocycles. The van der Waals surface area contributed by atoms with Crippen LogP contribution in [0.1, 0.15) is 11.4 Å². The van der Waals surface area contributed by atoms with Crippen LogP contribution in [0.25, 0.3) is 0 Å². The number of aromatic nitrogens is 1. The summed E-state index contributed by atoms with van der Waals surface area (Å²) in [7, 11) is 1.67. The molecular weight excluding hydrogens is 287 g/mol. The number of methoxy groups -OCH3 is 1. The van der Waals surface area contributed by atoms with Crippen molar-refractivity contribution < 1.29 is 9.47 Å². The first-order valence-electron chi connectivity index (χ1n) is 5.91.